The lowest BCUT2D eigenvalue weighted by Crippen LogP contribution is -2.30. The van der Waals surface area contributed by atoms with Gasteiger partial charge in [-0.25, -0.2) is 0 Å². The molecule has 1 atom stereocenters. The van der Waals surface area contributed by atoms with Crippen molar-refractivity contribution in [1.82, 2.24) is 10.3 Å². The fourth-order valence-corrected chi connectivity index (χ4v) is 2.62. The van der Waals surface area contributed by atoms with E-state index in [2.05, 4.69) is 16.4 Å². The number of hydrogen-bond donors (Lipinski definition) is 1. The molecule has 80 valence electrons. The molecule has 1 aromatic heterocycles. The number of aryl methyl sites for hydroxylation is 1. The minimum absolute atomic E-state index is 0.529. The molecule has 0 amide bonds. The first-order chi connectivity index (χ1) is 7.43. The van der Waals surface area contributed by atoms with E-state index in [-0.39, 0.29) is 0 Å². The van der Waals surface area contributed by atoms with E-state index in [1.54, 1.807) is 0 Å². The number of nitrogens with zero attached hydrogens (tertiary/aromatic N) is 1. The van der Waals surface area contributed by atoms with Crippen LogP contribution in [0, 0.1) is 5.92 Å². The highest BCUT2D eigenvalue weighted by Gasteiger charge is 2.25. The van der Waals surface area contributed by atoms with E-state index in [1.807, 2.05) is 12.3 Å². The van der Waals surface area contributed by atoms with Crippen LogP contribution in [-0.2, 0) is 6.42 Å². The summed E-state index contributed by atoms with van der Waals surface area (Å²) in [7, 11) is 0. The Bertz CT molecular complexity index is 344. The zero-order valence-corrected chi connectivity index (χ0v) is 9.08. The summed E-state index contributed by atoms with van der Waals surface area (Å²) in [6.07, 6.45) is 8.64. The summed E-state index contributed by atoms with van der Waals surface area (Å²) in [5.74, 6) is 0.942. The normalized spacial score (nSPS) is 24.9. The summed E-state index contributed by atoms with van der Waals surface area (Å²) in [6, 6.07) is 4.79. The molecule has 1 aromatic rings. The molecule has 2 aliphatic rings. The topological polar surface area (TPSA) is 24.9 Å². The highest BCUT2D eigenvalue weighted by atomic mass is 15.0. The van der Waals surface area contributed by atoms with Crippen LogP contribution in [0.2, 0.25) is 0 Å². The molecule has 2 aliphatic carbocycles. The molecule has 2 nitrogen and oxygen atoms in total. The number of aromatic nitrogens is 1. The highest BCUT2D eigenvalue weighted by Crippen LogP contribution is 2.31. The third-order valence-corrected chi connectivity index (χ3v) is 3.84. The lowest BCUT2D eigenvalue weighted by molar-refractivity contribution is 0.288. The van der Waals surface area contributed by atoms with Gasteiger partial charge >= 0.3 is 0 Å². The standard InChI is InChI=1S/C13H18N2/c1-3-10(4-1)9-15-12-7-6-11-5-2-8-14-13(11)12/h2,5,8,10,12,15H,1,3-4,6-7,9H2. The molecule has 1 saturated carbocycles. The Labute approximate surface area is 91.1 Å². The third-order valence-electron chi connectivity index (χ3n) is 3.84. The smallest absolute Gasteiger partial charge is 0.0605 e. The SMILES string of the molecule is c1cnc2c(c1)CCC2NCC1CCC1. The van der Waals surface area contributed by atoms with E-state index in [9.17, 15) is 0 Å². The average Bonchev–Trinajstić information content (AvgIpc) is 2.60. The predicted molar refractivity (Wildman–Crippen MR) is 60.6 cm³/mol. The van der Waals surface area contributed by atoms with Crippen molar-refractivity contribution < 1.29 is 0 Å². The molecule has 3 rings (SSSR count). The second-order valence-electron chi connectivity index (χ2n) is 4.84. The van der Waals surface area contributed by atoms with Gasteiger partial charge in [-0.05, 0) is 49.8 Å². The van der Waals surface area contributed by atoms with Crippen molar-refractivity contribution in [3.05, 3.63) is 29.6 Å². The van der Waals surface area contributed by atoms with Gasteiger partial charge in [0.15, 0.2) is 0 Å². The molecule has 2 heteroatoms. The van der Waals surface area contributed by atoms with Crippen LogP contribution in [0.3, 0.4) is 0 Å². The van der Waals surface area contributed by atoms with Crippen molar-refractivity contribution in [2.24, 2.45) is 5.92 Å². The van der Waals surface area contributed by atoms with E-state index >= 15 is 0 Å². The molecule has 1 N–H and O–H groups in total. The van der Waals surface area contributed by atoms with Gasteiger partial charge in [0.1, 0.15) is 0 Å². The molecule has 0 saturated heterocycles. The third kappa shape index (κ3) is 1.78. The zero-order chi connectivity index (χ0) is 10.1. The number of hydrogen-bond acceptors (Lipinski definition) is 2. The van der Waals surface area contributed by atoms with E-state index in [0.29, 0.717) is 6.04 Å². The van der Waals surface area contributed by atoms with Crippen molar-refractivity contribution in [3.8, 4) is 0 Å². The van der Waals surface area contributed by atoms with Crippen molar-refractivity contribution in [1.29, 1.82) is 0 Å². The van der Waals surface area contributed by atoms with Crippen LogP contribution in [0.25, 0.3) is 0 Å². The predicted octanol–water partition coefficient (Wildman–Crippen LogP) is 2.46. The van der Waals surface area contributed by atoms with E-state index in [1.165, 1.54) is 49.9 Å². The molecule has 1 heterocycles. The van der Waals surface area contributed by atoms with Crippen molar-refractivity contribution in [2.75, 3.05) is 6.54 Å². The molecule has 0 aliphatic heterocycles. The molecular formula is C13H18N2. The maximum absolute atomic E-state index is 4.50. The fraction of sp³-hybridized carbons (Fsp3) is 0.615. The first-order valence-corrected chi connectivity index (χ1v) is 6.10. The summed E-state index contributed by atoms with van der Waals surface area (Å²) in [5, 5.41) is 3.68. The number of nitrogens with one attached hydrogen (secondary N) is 1. The van der Waals surface area contributed by atoms with Crippen LogP contribution in [0.1, 0.15) is 43.0 Å². The van der Waals surface area contributed by atoms with Crippen molar-refractivity contribution in [2.45, 2.75) is 38.1 Å². The van der Waals surface area contributed by atoms with Crippen molar-refractivity contribution in [3.63, 3.8) is 0 Å². The van der Waals surface area contributed by atoms with Crippen LogP contribution in [0.15, 0.2) is 18.3 Å². The zero-order valence-electron chi connectivity index (χ0n) is 9.08. The number of rotatable bonds is 3. The molecule has 0 spiro atoms. The maximum atomic E-state index is 4.50. The van der Waals surface area contributed by atoms with E-state index in [0.717, 1.165) is 5.92 Å². The van der Waals surface area contributed by atoms with Gasteiger partial charge in [-0.3, -0.25) is 4.98 Å². The number of pyridine rings is 1. The minimum Gasteiger partial charge on any atom is -0.308 e. The Balaban J connectivity index is 1.63. The summed E-state index contributed by atoms with van der Waals surface area (Å²) in [4.78, 5) is 4.50. The Morgan fingerprint density at radius 2 is 2.27 bits per heavy atom. The Morgan fingerprint density at radius 1 is 1.33 bits per heavy atom. The van der Waals surface area contributed by atoms with Crippen LogP contribution in [-0.4, -0.2) is 11.5 Å². The molecule has 1 fully saturated rings. The molecular weight excluding hydrogens is 184 g/mol. The molecule has 15 heavy (non-hydrogen) atoms. The van der Waals surface area contributed by atoms with Gasteiger partial charge in [0.05, 0.1) is 11.7 Å². The summed E-state index contributed by atoms with van der Waals surface area (Å²) in [6.45, 7) is 1.20. The van der Waals surface area contributed by atoms with Gasteiger partial charge in [0, 0.05) is 6.20 Å². The number of fused-ring (bicyclic) bond motifs is 1. The molecule has 0 aromatic carbocycles. The quantitative estimate of drug-likeness (QED) is 0.814. The first-order valence-electron chi connectivity index (χ1n) is 6.10. The van der Waals surface area contributed by atoms with E-state index in [4.69, 9.17) is 0 Å². The molecule has 0 bridgehead atoms. The Kier molecular flexibility index (Phi) is 2.45. The van der Waals surface area contributed by atoms with Crippen LogP contribution < -0.4 is 5.32 Å². The summed E-state index contributed by atoms with van der Waals surface area (Å²) >= 11 is 0. The summed E-state index contributed by atoms with van der Waals surface area (Å²) in [5.41, 5.74) is 2.75. The maximum Gasteiger partial charge on any atom is 0.0605 e. The summed E-state index contributed by atoms with van der Waals surface area (Å²) < 4.78 is 0. The van der Waals surface area contributed by atoms with Crippen LogP contribution in [0.4, 0.5) is 0 Å². The van der Waals surface area contributed by atoms with Gasteiger partial charge in [-0.2, -0.15) is 0 Å². The van der Waals surface area contributed by atoms with Gasteiger partial charge in [0.25, 0.3) is 0 Å². The molecule has 0 radical (unpaired) electrons. The Morgan fingerprint density at radius 3 is 3.07 bits per heavy atom. The van der Waals surface area contributed by atoms with Crippen LogP contribution in [0.5, 0.6) is 0 Å². The van der Waals surface area contributed by atoms with Crippen molar-refractivity contribution >= 4 is 0 Å². The molecule has 1 unspecified atom stereocenters. The highest BCUT2D eigenvalue weighted by molar-refractivity contribution is 5.27. The van der Waals surface area contributed by atoms with Crippen LogP contribution >= 0.6 is 0 Å². The lowest BCUT2D eigenvalue weighted by Gasteiger charge is -2.27. The van der Waals surface area contributed by atoms with E-state index < -0.39 is 0 Å². The second kappa shape index (κ2) is 3.93. The fourth-order valence-electron chi connectivity index (χ4n) is 2.62. The van der Waals surface area contributed by atoms with Gasteiger partial charge in [-0.15, -0.1) is 0 Å². The van der Waals surface area contributed by atoms with Gasteiger partial charge in [0.2, 0.25) is 0 Å². The monoisotopic (exact) mass is 202 g/mol. The first kappa shape index (κ1) is 9.34. The minimum atomic E-state index is 0.529. The van der Waals surface area contributed by atoms with Gasteiger partial charge in [-0.1, -0.05) is 12.5 Å². The Hall–Kier alpha value is -0.890. The largest absolute Gasteiger partial charge is 0.308 e. The second-order valence-corrected chi connectivity index (χ2v) is 4.84. The average molecular weight is 202 g/mol. The van der Waals surface area contributed by atoms with Gasteiger partial charge < -0.3 is 5.32 Å². The lowest BCUT2D eigenvalue weighted by atomic mass is 9.85.